The van der Waals surface area contributed by atoms with Crippen LogP contribution in [0.1, 0.15) is 56.5 Å². The van der Waals surface area contributed by atoms with E-state index in [1.54, 1.807) is 57.2 Å². The van der Waals surface area contributed by atoms with Crippen molar-refractivity contribution < 1.29 is 28.7 Å². The van der Waals surface area contributed by atoms with Gasteiger partial charge >= 0.3 is 12.1 Å². The molecule has 5 rings (SSSR count). The zero-order valence-corrected chi connectivity index (χ0v) is 27.0. The molecule has 0 spiro atoms. The number of hydrogen-bond acceptors (Lipinski definition) is 7. The minimum Gasteiger partial charge on any atom is -0.448 e. The Morgan fingerprint density at radius 1 is 0.891 bits per heavy atom. The summed E-state index contributed by atoms with van der Waals surface area (Å²) < 4.78 is 11.5. The van der Waals surface area contributed by atoms with Crippen LogP contribution in [-0.2, 0) is 23.9 Å². The number of rotatable bonds is 9. The zero-order chi connectivity index (χ0) is 32.8. The minimum atomic E-state index is -1.11. The van der Waals surface area contributed by atoms with Gasteiger partial charge in [0.25, 0.3) is 5.91 Å². The van der Waals surface area contributed by atoms with Crippen molar-refractivity contribution in [3.63, 3.8) is 0 Å². The third kappa shape index (κ3) is 7.34. The van der Waals surface area contributed by atoms with Crippen LogP contribution in [0.15, 0.2) is 114 Å². The van der Waals surface area contributed by atoms with Gasteiger partial charge in [-0.1, -0.05) is 103 Å². The highest BCUT2D eigenvalue weighted by Crippen LogP contribution is 2.42. The van der Waals surface area contributed by atoms with Crippen molar-refractivity contribution in [1.29, 1.82) is 0 Å². The molecule has 2 aliphatic heterocycles. The lowest BCUT2D eigenvalue weighted by Crippen LogP contribution is -2.71. The number of alkyl carbamates (subject to hydrolysis) is 1. The number of carbonyl (C=O) groups excluding carboxylic acids is 4. The normalized spacial score (nSPS) is 18.5. The fourth-order valence-corrected chi connectivity index (χ4v) is 6.63. The van der Waals surface area contributed by atoms with Gasteiger partial charge in [0.05, 0.1) is 0 Å². The third-order valence-electron chi connectivity index (χ3n) is 7.34. The summed E-state index contributed by atoms with van der Waals surface area (Å²) >= 11 is 1.44. The van der Waals surface area contributed by atoms with E-state index in [2.05, 4.69) is 10.6 Å². The number of β-lactam (4-membered cyclic amide) rings is 1. The van der Waals surface area contributed by atoms with Crippen molar-refractivity contribution in [3.05, 3.63) is 131 Å². The average Bonchev–Trinajstić information content (AvgIpc) is 3.05. The Labute approximate surface area is 273 Å². The number of nitrogens with one attached hydrogen (secondary N) is 2. The molecular formula is C36H37N3O6S. The van der Waals surface area contributed by atoms with Gasteiger partial charge in [-0.15, -0.1) is 11.8 Å². The molecule has 3 aromatic carbocycles. The highest BCUT2D eigenvalue weighted by atomic mass is 32.2. The van der Waals surface area contributed by atoms with Crippen molar-refractivity contribution in [2.45, 2.75) is 56.9 Å². The van der Waals surface area contributed by atoms with Crippen LogP contribution in [0.3, 0.4) is 0 Å². The smallest absolute Gasteiger partial charge is 0.408 e. The average molecular weight is 640 g/mol. The van der Waals surface area contributed by atoms with E-state index in [0.29, 0.717) is 16.9 Å². The summed E-state index contributed by atoms with van der Waals surface area (Å²) in [5.74, 6) is -1.23. The maximum Gasteiger partial charge on any atom is 0.408 e. The molecule has 0 saturated carbocycles. The summed E-state index contributed by atoms with van der Waals surface area (Å²) in [6.45, 7) is 7.02. The van der Waals surface area contributed by atoms with E-state index < -0.39 is 53.0 Å². The largest absolute Gasteiger partial charge is 0.448 e. The summed E-state index contributed by atoms with van der Waals surface area (Å²) in [6.07, 6.45) is 2.15. The molecule has 0 radical (unpaired) electrons. The first kappa shape index (κ1) is 32.6. The Morgan fingerprint density at radius 2 is 1.43 bits per heavy atom. The quantitative estimate of drug-likeness (QED) is 0.224. The van der Waals surface area contributed by atoms with Crippen molar-refractivity contribution in [1.82, 2.24) is 15.5 Å². The highest BCUT2D eigenvalue weighted by molar-refractivity contribution is 8.00. The lowest BCUT2D eigenvalue weighted by Gasteiger charge is -2.49. The number of hydrogen-bond donors (Lipinski definition) is 2. The number of esters is 1. The van der Waals surface area contributed by atoms with Gasteiger partial charge in [0.15, 0.2) is 6.10 Å². The summed E-state index contributed by atoms with van der Waals surface area (Å²) in [5, 5.41) is 4.91. The first-order chi connectivity index (χ1) is 22.1. The molecule has 2 heterocycles. The first-order valence-electron chi connectivity index (χ1n) is 15.0. The molecule has 3 amide bonds. The van der Waals surface area contributed by atoms with Crippen molar-refractivity contribution in [3.8, 4) is 0 Å². The highest BCUT2D eigenvalue weighted by Gasteiger charge is 2.55. The Balaban J connectivity index is 1.37. The number of carbonyl (C=O) groups is 4. The minimum absolute atomic E-state index is 0.153. The predicted octanol–water partition coefficient (Wildman–Crippen LogP) is 5.82. The van der Waals surface area contributed by atoms with E-state index in [9.17, 15) is 19.2 Å². The van der Waals surface area contributed by atoms with E-state index in [0.717, 1.165) is 11.1 Å². The number of ether oxygens (including phenoxy) is 2. The lowest BCUT2D eigenvalue weighted by atomic mass is 9.99. The Bertz CT molecular complexity index is 1600. The van der Waals surface area contributed by atoms with Crippen LogP contribution in [0.25, 0.3) is 0 Å². The maximum absolute atomic E-state index is 14.0. The summed E-state index contributed by atoms with van der Waals surface area (Å²) in [6, 6.07) is 25.6. The van der Waals surface area contributed by atoms with Crippen LogP contribution in [0.2, 0.25) is 0 Å². The van der Waals surface area contributed by atoms with E-state index in [-0.39, 0.29) is 5.70 Å². The Morgan fingerprint density at radius 3 is 1.96 bits per heavy atom. The number of thioether (sulfide) groups is 1. The van der Waals surface area contributed by atoms with E-state index in [4.69, 9.17) is 9.47 Å². The Kier molecular flexibility index (Phi) is 9.96. The van der Waals surface area contributed by atoms with E-state index in [1.807, 2.05) is 73.7 Å². The fourth-order valence-electron chi connectivity index (χ4n) is 5.32. The van der Waals surface area contributed by atoms with Gasteiger partial charge in [0, 0.05) is 5.75 Å². The van der Waals surface area contributed by atoms with Gasteiger partial charge in [-0.3, -0.25) is 14.5 Å². The SMILES string of the molecule is CC=CC1=C(C(=O)OC(c2ccccc2)c2ccccc2)N2C(=O)[C@@H](NC(=O)C(NC(=O)OC(C)(C)C)c3ccccc3)[C@@H]2SC1. The van der Waals surface area contributed by atoms with Crippen LogP contribution in [0.5, 0.6) is 0 Å². The second kappa shape index (κ2) is 14.1. The van der Waals surface area contributed by atoms with Gasteiger partial charge < -0.3 is 20.1 Å². The number of allylic oxidation sites excluding steroid dienone is 2. The van der Waals surface area contributed by atoms with E-state index >= 15 is 0 Å². The van der Waals surface area contributed by atoms with Gasteiger partial charge in [0.2, 0.25) is 5.91 Å². The van der Waals surface area contributed by atoms with Crippen LogP contribution >= 0.6 is 11.8 Å². The fraction of sp³-hybridized carbons (Fsp3) is 0.278. The third-order valence-corrected chi connectivity index (χ3v) is 8.64. The standard InChI is InChI=1S/C36H37N3O6S/c1-5-15-26-22-46-33-28(37-31(40)27(23-16-9-6-10-17-23)38-35(43)45-36(2,3)4)32(41)39(33)29(26)34(42)44-30(24-18-11-7-12-19-24)25-20-13-8-14-21-25/h5-21,27-28,30,33H,22H2,1-4H3,(H,37,40)(H,38,43)/t27?,28-,33+/m1/s1. The lowest BCUT2D eigenvalue weighted by molar-refractivity contribution is -0.154. The monoisotopic (exact) mass is 639 g/mol. The number of amides is 3. The summed E-state index contributed by atoms with van der Waals surface area (Å²) in [7, 11) is 0. The first-order valence-corrected chi connectivity index (χ1v) is 16.1. The molecule has 3 atom stereocenters. The summed E-state index contributed by atoms with van der Waals surface area (Å²) in [4.78, 5) is 55.4. The molecule has 0 bridgehead atoms. The van der Waals surface area contributed by atoms with Gasteiger partial charge in [-0.05, 0) is 50.0 Å². The van der Waals surface area contributed by atoms with Crippen molar-refractivity contribution in [2.24, 2.45) is 0 Å². The Hall–Kier alpha value is -4.83. The number of fused-ring (bicyclic) bond motifs is 1. The maximum atomic E-state index is 14.0. The molecule has 46 heavy (non-hydrogen) atoms. The number of nitrogens with zero attached hydrogens (tertiary/aromatic N) is 1. The number of benzene rings is 3. The van der Waals surface area contributed by atoms with Crippen LogP contribution in [-0.4, -0.2) is 51.5 Å². The molecule has 10 heteroatoms. The van der Waals surface area contributed by atoms with Gasteiger partial charge in [-0.25, -0.2) is 9.59 Å². The molecule has 9 nitrogen and oxygen atoms in total. The van der Waals surface area contributed by atoms with Gasteiger partial charge in [-0.2, -0.15) is 0 Å². The van der Waals surface area contributed by atoms with Crippen molar-refractivity contribution >= 4 is 35.6 Å². The summed E-state index contributed by atoms with van der Waals surface area (Å²) in [5.41, 5.74) is 2.15. The van der Waals surface area contributed by atoms with Crippen LogP contribution in [0, 0.1) is 0 Å². The molecule has 0 aliphatic carbocycles. The molecule has 2 aliphatic rings. The molecular weight excluding hydrogens is 602 g/mol. The molecule has 3 aromatic rings. The predicted molar refractivity (Wildman–Crippen MR) is 176 cm³/mol. The second-order valence-corrected chi connectivity index (χ2v) is 13.0. The van der Waals surface area contributed by atoms with Crippen LogP contribution in [0.4, 0.5) is 4.79 Å². The molecule has 0 aromatic heterocycles. The second-order valence-electron chi connectivity index (χ2n) is 11.9. The molecule has 1 unspecified atom stereocenters. The van der Waals surface area contributed by atoms with E-state index in [1.165, 1.54) is 16.7 Å². The zero-order valence-electron chi connectivity index (χ0n) is 26.1. The molecule has 1 fully saturated rings. The molecule has 2 N–H and O–H groups in total. The molecule has 238 valence electrons. The van der Waals surface area contributed by atoms with Crippen LogP contribution < -0.4 is 10.6 Å². The topological polar surface area (TPSA) is 114 Å². The van der Waals surface area contributed by atoms with Gasteiger partial charge in [0.1, 0.15) is 28.8 Å². The van der Waals surface area contributed by atoms with Crippen molar-refractivity contribution in [2.75, 3.05) is 5.75 Å². The molecule has 1 saturated heterocycles.